The number of hydrogen-bond donors (Lipinski definition) is 0. The molecule has 0 aliphatic heterocycles. The fourth-order valence-corrected chi connectivity index (χ4v) is 3.20. The molecule has 0 fully saturated rings. The summed E-state index contributed by atoms with van der Waals surface area (Å²) < 4.78 is 6.30. The molecule has 0 bridgehead atoms. The van der Waals surface area contributed by atoms with Gasteiger partial charge in [0, 0.05) is 9.37 Å². The highest BCUT2D eigenvalue weighted by Gasteiger charge is 2.12. The van der Waals surface area contributed by atoms with Crippen molar-refractivity contribution in [2.75, 3.05) is 12.9 Å². The minimum atomic E-state index is 0.0758. The lowest BCUT2D eigenvalue weighted by Gasteiger charge is -2.08. The molecule has 2 rings (SSSR count). The summed E-state index contributed by atoms with van der Waals surface area (Å²) in [5, 5.41) is 0. The van der Waals surface area contributed by atoms with Crippen LogP contribution in [-0.2, 0) is 0 Å². The number of ketones is 1. The Labute approximate surface area is 131 Å². The molecule has 0 N–H and O–H groups in total. The Morgan fingerprint density at radius 2 is 2.05 bits per heavy atom. The summed E-state index contributed by atoms with van der Waals surface area (Å²) in [6.45, 7) is 1.98. The van der Waals surface area contributed by atoms with E-state index in [1.165, 1.54) is 11.8 Å². The Balaban J connectivity index is 2.09. The number of benzene rings is 2. The SMILES string of the molecule is COc1cc(C)ccc1C(=O)CSc1cccc(Br)c1. The summed E-state index contributed by atoms with van der Waals surface area (Å²) in [6, 6.07) is 13.6. The summed E-state index contributed by atoms with van der Waals surface area (Å²) in [5.74, 6) is 1.12. The van der Waals surface area contributed by atoms with E-state index in [1.54, 1.807) is 7.11 Å². The Morgan fingerprint density at radius 3 is 2.75 bits per heavy atom. The molecule has 0 unspecified atom stereocenters. The number of Topliss-reactive ketones (excluding diaryl/α,β-unsaturated/α-hetero) is 1. The first-order valence-corrected chi connectivity index (χ1v) is 7.94. The Bertz CT molecular complexity index is 626. The first-order valence-electron chi connectivity index (χ1n) is 6.16. The Morgan fingerprint density at radius 1 is 1.25 bits per heavy atom. The van der Waals surface area contributed by atoms with E-state index < -0.39 is 0 Å². The quantitative estimate of drug-likeness (QED) is 0.575. The molecule has 0 saturated heterocycles. The molecule has 0 aliphatic rings. The van der Waals surface area contributed by atoms with Gasteiger partial charge in [0.2, 0.25) is 0 Å². The fraction of sp³-hybridized carbons (Fsp3) is 0.188. The molecule has 0 amide bonds. The van der Waals surface area contributed by atoms with Gasteiger partial charge in [-0.25, -0.2) is 0 Å². The van der Waals surface area contributed by atoms with Gasteiger partial charge in [0.1, 0.15) is 5.75 Å². The van der Waals surface area contributed by atoms with E-state index in [-0.39, 0.29) is 5.78 Å². The zero-order chi connectivity index (χ0) is 14.5. The van der Waals surface area contributed by atoms with Crippen LogP contribution in [0.4, 0.5) is 0 Å². The van der Waals surface area contributed by atoms with Crippen molar-refractivity contribution in [3.63, 3.8) is 0 Å². The maximum Gasteiger partial charge on any atom is 0.176 e. The minimum absolute atomic E-state index is 0.0758. The van der Waals surface area contributed by atoms with Crippen molar-refractivity contribution in [1.82, 2.24) is 0 Å². The molecular formula is C16H15BrO2S. The van der Waals surface area contributed by atoms with Gasteiger partial charge in [-0.05, 0) is 42.8 Å². The first kappa shape index (κ1) is 15.1. The molecule has 4 heteroatoms. The molecule has 2 aromatic rings. The van der Waals surface area contributed by atoms with Crippen molar-refractivity contribution in [3.8, 4) is 5.75 Å². The summed E-state index contributed by atoms with van der Waals surface area (Å²) in [7, 11) is 1.59. The number of carbonyl (C=O) groups is 1. The van der Waals surface area contributed by atoms with Crippen molar-refractivity contribution < 1.29 is 9.53 Å². The number of thioether (sulfide) groups is 1. The molecule has 0 radical (unpaired) electrons. The predicted octanol–water partition coefficient (Wildman–Crippen LogP) is 4.74. The summed E-state index contributed by atoms with van der Waals surface area (Å²) in [4.78, 5) is 13.3. The van der Waals surface area contributed by atoms with Crippen LogP contribution >= 0.6 is 27.7 Å². The second kappa shape index (κ2) is 6.95. The number of halogens is 1. The van der Waals surface area contributed by atoms with Gasteiger partial charge in [0.25, 0.3) is 0 Å². The molecule has 0 aliphatic carbocycles. The number of ether oxygens (including phenoxy) is 1. The third kappa shape index (κ3) is 3.87. The number of carbonyl (C=O) groups excluding carboxylic acids is 1. The van der Waals surface area contributed by atoms with Crippen LogP contribution in [0.1, 0.15) is 15.9 Å². The summed E-state index contributed by atoms with van der Waals surface area (Å²) >= 11 is 4.95. The third-order valence-electron chi connectivity index (χ3n) is 2.82. The molecular weight excluding hydrogens is 336 g/mol. The zero-order valence-electron chi connectivity index (χ0n) is 11.4. The van der Waals surface area contributed by atoms with E-state index in [2.05, 4.69) is 15.9 Å². The van der Waals surface area contributed by atoms with Crippen LogP contribution in [0.25, 0.3) is 0 Å². The lowest BCUT2D eigenvalue weighted by molar-refractivity contribution is 0.101. The van der Waals surface area contributed by atoms with E-state index in [4.69, 9.17) is 4.74 Å². The van der Waals surface area contributed by atoms with Gasteiger partial charge in [-0.2, -0.15) is 0 Å². The van der Waals surface area contributed by atoms with Crippen LogP contribution in [-0.4, -0.2) is 18.6 Å². The molecule has 2 aromatic carbocycles. The topological polar surface area (TPSA) is 26.3 Å². The average molecular weight is 351 g/mol. The van der Waals surface area contributed by atoms with Gasteiger partial charge in [0.05, 0.1) is 18.4 Å². The van der Waals surface area contributed by atoms with E-state index in [1.807, 2.05) is 49.4 Å². The lowest BCUT2D eigenvalue weighted by Crippen LogP contribution is -2.05. The third-order valence-corrected chi connectivity index (χ3v) is 4.31. The van der Waals surface area contributed by atoms with Crippen LogP contribution in [0.15, 0.2) is 51.8 Å². The van der Waals surface area contributed by atoms with Gasteiger partial charge in [-0.15, -0.1) is 11.8 Å². The second-order valence-electron chi connectivity index (χ2n) is 4.37. The van der Waals surface area contributed by atoms with Crippen molar-refractivity contribution in [3.05, 3.63) is 58.1 Å². The monoisotopic (exact) mass is 350 g/mol. The first-order chi connectivity index (χ1) is 9.60. The second-order valence-corrected chi connectivity index (χ2v) is 6.34. The van der Waals surface area contributed by atoms with E-state index in [9.17, 15) is 4.79 Å². The van der Waals surface area contributed by atoms with Crippen molar-refractivity contribution in [2.45, 2.75) is 11.8 Å². The van der Waals surface area contributed by atoms with Crippen LogP contribution in [0.5, 0.6) is 5.75 Å². The highest BCUT2D eigenvalue weighted by atomic mass is 79.9. The maximum absolute atomic E-state index is 12.3. The predicted molar refractivity (Wildman–Crippen MR) is 86.9 cm³/mol. The molecule has 2 nitrogen and oxygen atoms in total. The lowest BCUT2D eigenvalue weighted by atomic mass is 10.1. The molecule has 0 spiro atoms. The number of aryl methyl sites for hydroxylation is 1. The minimum Gasteiger partial charge on any atom is -0.496 e. The average Bonchev–Trinajstić information content (AvgIpc) is 2.44. The highest BCUT2D eigenvalue weighted by Crippen LogP contribution is 2.26. The van der Waals surface area contributed by atoms with Crippen LogP contribution < -0.4 is 4.74 Å². The molecule has 20 heavy (non-hydrogen) atoms. The van der Waals surface area contributed by atoms with Crippen molar-refractivity contribution in [1.29, 1.82) is 0 Å². The molecule has 0 saturated carbocycles. The Hall–Kier alpha value is -1.26. The Kier molecular flexibility index (Phi) is 5.26. The number of rotatable bonds is 5. The van der Waals surface area contributed by atoms with Crippen LogP contribution in [0, 0.1) is 6.92 Å². The number of hydrogen-bond acceptors (Lipinski definition) is 3. The van der Waals surface area contributed by atoms with Crippen LogP contribution in [0.3, 0.4) is 0 Å². The number of methoxy groups -OCH3 is 1. The van der Waals surface area contributed by atoms with Gasteiger partial charge >= 0.3 is 0 Å². The maximum atomic E-state index is 12.3. The standard InChI is InChI=1S/C16H15BrO2S/c1-11-6-7-14(16(8-11)19-2)15(18)10-20-13-5-3-4-12(17)9-13/h3-9H,10H2,1-2H3. The summed E-state index contributed by atoms with van der Waals surface area (Å²) in [6.07, 6.45) is 0. The highest BCUT2D eigenvalue weighted by molar-refractivity contribution is 9.10. The van der Waals surface area contributed by atoms with Crippen molar-refractivity contribution >= 4 is 33.5 Å². The van der Waals surface area contributed by atoms with Gasteiger partial charge in [-0.3, -0.25) is 4.79 Å². The molecule has 0 heterocycles. The van der Waals surface area contributed by atoms with Gasteiger partial charge in [0.15, 0.2) is 5.78 Å². The van der Waals surface area contributed by atoms with Crippen LogP contribution in [0.2, 0.25) is 0 Å². The smallest absolute Gasteiger partial charge is 0.176 e. The van der Waals surface area contributed by atoms with E-state index in [0.717, 1.165) is 14.9 Å². The normalized spacial score (nSPS) is 10.3. The molecule has 104 valence electrons. The van der Waals surface area contributed by atoms with Gasteiger partial charge in [-0.1, -0.05) is 28.1 Å². The fourth-order valence-electron chi connectivity index (χ4n) is 1.81. The van der Waals surface area contributed by atoms with E-state index in [0.29, 0.717) is 17.1 Å². The molecule has 0 aromatic heterocycles. The van der Waals surface area contributed by atoms with E-state index >= 15 is 0 Å². The van der Waals surface area contributed by atoms with Gasteiger partial charge < -0.3 is 4.74 Å². The largest absolute Gasteiger partial charge is 0.496 e. The summed E-state index contributed by atoms with van der Waals surface area (Å²) in [5.41, 5.74) is 1.72. The zero-order valence-corrected chi connectivity index (χ0v) is 13.8. The van der Waals surface area contributed by atoms with Crippen molar-refractivity contribution in [2.24, 2.45) is 0 Å². The molecule has 0 atom stereocenters.